The Morgan fingerprint density at radius 2 is 2.29 bits per heavy atom. The molecule has 1 fully saturated rings. The molecule has 4 heteroatoms. The molecule has 3 nitrogen and oxygen atoms in total. The first-order valence-corrected chi connectivity index (χ1v) is 7.66. The summed E-state index contributed by atoms with van der Waals surface area (Å²) in [6.45, 7) is 4.65. The van der Waals surface area contributed by atoms with Crippen LogP contribution in [0.15, 0.2) is 30.5 Å². The van der Waals surface area contributed by atoms with Gasteiger partial charge in [-0.15, -0.1) is 0 Å². The summed E-state index contributed by atoms with van der Waals surface area (Å²) in [4.78, 5) is 6.82. The van der Waals surface area contributed by atoms with Gasteiger partial charge in [-0.3, -0.25) is 9.88 Å². The van der Waals surface area contributed by atoms with Gasteiger partial charge in [0.25, 0.3) is 0 Å². The van der Waals surface area contributed by atoms with Gasteiger partial charge < -0.3 is 5.73 Å². The largest absolute Gasteiger partial charge is 0.329 e. The molecular formula is C17H22FN3. The molecule has 1 aromatic heterocycles. The first-order valence-electron chi connectivity index (χ1n) is 7.66. The molecule has 0 saturated carbocycles. The normalized spacial score (nSPS) is 23.6. The summed E-state index contributed by atoms with van der Waals surface area (Å²) in [5.41, 5.74) is 7.80. The van der Waals surface area contributed by atoms with Crippen LogP contribution in [0.4, 0.5) is 4.39 Å². The Morgan fingerprint density at radius 1 is 1.43 bits per heavy atom. The molecule has 0 amide bonds. The molecule has 3 rings (SSSR count). The SMILES string of the molecule is CC1CCCN(Cc2cc(F)cc3cccnc23)C1CN. The Kier molecular flexibility index (Phi) is 4.17. The van der Waals surface area contributed by atoms with E-state index in [0.29, 0.717) is 18.5 Å². The number of nitrogens with two attached hydrogens (primary N) is 1. The van der Waals surface area contributed by atoms with E-state index in [4.69, 9.17) is 5.73 Å². The lowest BCUT2D eigenvalue weighted by molar-refractivity contribution is 0.0994. The van der Waals surface area contributed by atoms with Gasteiger partial charge in [-0.1, -0.05) is 13.0 Å². The van der Waals surface area contributed by atoms with Gasteiger partial charge in [0.05, 0.1) is 5.52 Å². The standard InChI is InChI=1S/C17H22FN3/c1-12-4-3-7-21(16(12)10-19)11-14-9-15(18)8-13-5-2-6-20-17(13)14/h2,5-6,8-9,12,16H,3-4,7,10-11,19H2,1H3. The summed E-state index contributed by atoms with van der Waals surface area (Å²) in [6, 6.07) is 7.29. The molecule has 2 N–H and O–H groups in total. The van der Waals surface area contributed by atoms with Crippen LogP contribution in [0.2, 0.25) is 0 Å². The van der Waals surface area contributed by atoms with Crippen molar-refractivity contribution < 1.29 is 4.39 Å². The maximum Gasteiger partial charge on any atom is 0.124 e. The smallest absolute Gasteiger partial charge is 0.124 e. The first-order chi connectivity index (χ1) is 10.2. The maximum absolute atomic E-state index is 13.8. The van der Waals surface area contributed by atoms with E-state index in [1.165, 1.54) is 12.8 Å². The van der Waals surface area contributed by atoms with E-state index in [2.05, 4.69) is 16.8 Å². The van der Waals surface area contributed by atoms with E-state index in [1.54, 1.807) is 18.3 Å². The van der Waals surface area contributed by atoms with Crippen LogP contribution in [-0.4, -0.2) is 29.0 Å². The van der Waals surface area contributed by atoms with Crippen molar-refractivity contribution >= 4 is 10.9 Å². The molecule has 0 radical (unpaired) electrons. The highest BCUT2D eigenvalue weighted by molar-refractivity contribution is 5.81. The number of pyridine rings is 1. The molecule has 0 aliphatic carbocycles. The van der Waals surface area contributed by atoms with E-state index in [-0.39, 0.29) is 5.82 Å². The van der Waals surface area contributed by atoms with Crippen LogP contribution in [-0.2, 0) is 6.54 Å². The quantitative estimate of drug-likeness (QED) is 0.943. The fourth-order valence-corrected chi connectivity index (χ4v) is 3.48. The first kappa shape index (κ1) is 14.4. The molecule has 2 atom stereocenters. The van der Waals surface area contributed by atoms with Crippen molar-refractivity contribution in [2.75, 3.05) is 13.1 Å². The van der Waals surface area contributed by atoms with Gasteiger partial charge in [-0.2, -0.15) is 0 Å². The zero-order chi connectivity index (χ0) is 14.8. The Morgan fingerprint density at radius 3 is 3.10 bits per heavy atom. The van der Waals surface area contributed by atoms with Crippen LogP contribution < -0.4 is 5.73 Å². The Bertz CT molecular complexity index is 628. The van der Waals surface area contributed by atoms with Gasteiger partial charge >= 0.3 is 0 Å². The van der Waals surface area contributed by atoms with Crippen LogP contribution in [0.5, 0.6) is 0 Å². The number of rotatable bonds is 3. The molecule has 2 heterocycles. The van der Waals surface area contributed by atoms with Crippen LogP contribution in [0, 0.1) is 11.7 Å². The molecule has 1 aliphatic heterocycles. The molecular weight excluding hydrogens is 265 g/mol. The second-order valence-corrected chi connectivity index (χ2v) is 6.03. The predicted molar refractivity (Wildman–Crippen MR) is 83.4 cm³/mol. The van der Waals surface area contributed by atoms with Gasteiger partial charge in [0.2, 0.25) is 0 Å². The van der Waals surface area contributed by atoms with Crippen LogP contribution in [0.1, 0.15) is 25.3 Å². The number of hydrogen-bond donors (Lipinski definition) is 1. The van der Waals surface area contributed by atoms with Gasteiger partial charge in [0.15, 0.2) is 0 Å². The average molecular weight is 287 g/mol. The number of hydrogen-bond acceptors (Lipinski definition) is 3. The molecule has 2 aromatic rings. The van der Waals surface area contributed by atoms with E-state index in [0.717, 1.165) is 29.6 Å². The van der Waals surface area contributed by atoms with Crippen LogP contribution >= 0.6 is 0 Å². The van der Waals surface area contributed by atoms with Crippen LogP contribution in [0.25, 0.3) is 10.9 Å². The van der Waals surface area contributed by atoms with Gasteiger partial charge in [0, 0.05) is 30.7 Å². The summed E-state index contributed by atoms with van der Waals surface area (Å²) in [6.07, 6.45) is 4.17. The average Bonchev–Trinajstić information content (AvgIpc) is 2.47. The lowest BCUT2D eigenvalue weighted by atomic mass is 9.90. The Labute approximate surface area is 125 Å². The fraction of sp³-hybridized carbons (Fsp3) is 0.471. The highest BCUT2D eigenvalue weighted by atomic mass is 19.1. The second kappa shape index (κ2) is 6.08. The molecule has 1 aliphatic rings. The van der Waals surface area contributed by atoms with Crippen molar-refractivity contribution in [2.24, 2.45) is 11.7 Å². The number of halogens is 1. The lowest BCUT2D eigenvalue weighted by Gasteiger charge is -2.39. The van der Waals surface area contributed by atoms with Gasteiger partial charge in [-0.05, 0) is 49.1 Å². The topological polar surface area (TPSA) is 42.2 Å². The molecule has 1 aromatic carbocycles. The number of likely N-dealkylation sites (tertiary alicyclic amines) is 1. The van der Waals surface area contributed by atoms with Gasteiger partial charge in [0.1, 0.15) is 5.82 Å². The van der Waals surface area contributed by atoms with E-state index in [1.807, 2.05) is 12.1 Å². The van der Waals surface area contributed by atoms with E-state index >= 15 is 0 Å². The summed E-state index contributed by atoms with van der Waals surface area (Å²) in [5.74, 6) is 0.399. The zero-order valence-electron chi connectivity index (χ0n) is 12.4. The van der Waals surface area contributed by atoms with Gasteiger partial charge in [-0.25, -0.2) is 4.39 Å². The summed E-state index contributed by atoms with van der Waals surface area (Å²) in [7, 11) is 0. The van der Waals surface area contributed by atoms with E-state index < -0.39 is 0 Å². The minimum atomic E-state index is -0.195. The number of nitrogens with zero attached hydrogens (tertiary/aromatic N) is 2. The summed E-state index contributed by atoms with van der Waals surface area (Å²) >= 11 is 0. The number of fused-ring (bicyclic) bond motifs is 1. The Balaban J connectivity index is 1.93. The molecule has 21 heavy (non-hydrogen) atoms. The lowest BCUT2D eigenvalue weighted by Crippen LogP contribution is -2.48. The zero-order valence-corrected chi connectivity index (χ0v) is 12.4. The molecule has 1 saturated heterocycles. The van der Waals surface area contributed by atoms with Crippen LogP contribution in [0.3, 0.4) is 0 Å². The van der Waals surface area contributed by atoms with Crippen molar-refractivity contribution in [1.82, 2.24) is 9.88 Å². The number of benzene rings is 1. The summed E-state index contributed by atoms with van der Waals surface area (Å²) < 4.78 is 13.8. The molecule has 0 bridgehead atoms. The number of aromatic nitrogens is 1. The number of piperidine rings is 1. The Hall–Kier alpha value is -1.52. The molecule has 2 unspecified atom stereocenters. The minimum Gasteiger partial charge on any atom is -0.329 e. The highest BCUT2D eigenvalue weighted by Crippen LogP contribution is 2.26. The predicted octanol–water partition coefficient (Wildman–Crippen LogP) is 2.93. The second-order valence-electron chi connectivity index (χ2n) is 6.03. The molecule has 112 valence electrons. The highest BCUT2D eigenvalue weighted by Gasteiger charge is 2.27. The van der Waals surface area contributed by atoms with Crippen molar-refractivity contribution in [3.63, 3.8) is 0 Å². The third kappa shape index (κ3) is 2.92. The maximum atomic E-state index is 13.8. The monoisotopic (exact) mass is 287 g/mol. The third-order valence-electron chi connectivity index (χ3n) is 4.59. The van der Waals surface area contributed by atoms with E-state index in [9.17, 15) is 4.39 Å². The van der Waals surface area contributed by atoms with Crippen molar-refractivity contribution in [2.45, 2.75) is 32.4 Å². The van der Waals surface area contributed by atoms with Crippen molar-refractivity contribution in [3.8, 4) is 0 Å². The van der Waals surface area contributed by atoms with Crippen molar-refractivity contribution in [1.29, 1.82) is 0 Å². The third-order valence-corrected chi connectivity index (χ3v) is 4.59. The summed E-state index contributed by atoms with van der Waals surface area (Å²) in [5, 5.41) is 0.863. The fourth-order valence-electron chi connectivity index (χ4n) is 3.48. The molecule has 0 spiro atoms. The van der Waals surface area contributed by atoms with Crippen molar-refractivity contribution in [3.05, 3.63) is 41.8 Å². The minimum absolute atomic E-state index is 0.195.